The third-order valence-electron chi connectivity index (χ3n) is 3.56. The van der Waals surface area contributed by atoms with E-state index in [4.69, 9.17) is 0 Å². The van der Waals surface area contributed by atoms with Crippen molar-refractivity contribution in [1.82, 2.24) is 4.90 Å². The normalized spacial score (nSPS) is 16.4. The second kappa shape index (κ2) is 6.50. The minimum atomic E-state index is 1.06. The van der Waals surface area contributed by atoms with E-state index in [0.29, 0.717) is 0 Å². The van der Waals surface area contributed by atoms with Crippen LogP contribution < -0.4 is 0 Å². The summed E-state index contributed by atoms with van der Waals surface area (Å²) in [5.41, 5.74) is 4.48. The molecule has 0 radical (unpaired) electrons. The number of hydrogen-bond donors (Lipinski definition) is 0. The van der Waals surface area contributed by atoms with Gasteiger partial charge in [-0.1, -0.05) is 0 Å². The van der Waals surface area contributed by atoms with Crippen molar-refractivity contribution >= 4 is 8.70 Å². The molecule has 94 valence electrons. The zero-order chi connectivity index (χ0) is 13.1. The van der Waals surface area contributed by atoms with E-state index in [9.17, 15) is 0 Å². The van der Waals surface area contributed by atoms with Gasteiger partial charge in [0.25, 0.3) is 0 Å². The van der Waals surface area contributed by atoms with Crippen molar-refractivity contribution in [3.8, 4) is 0 Å². The van der Waals surface area contributed by atoms with E-state index in [1.165, 1.54) is 44.7 Å². The number of likely N-dealkylation sites (N-methyl/N-ethyl adjacent to an activating group) is 1. The molecule has 0 spiro atoms. The first kappa shape index (κ1) is 14.5. The van der Waals surface area contributed by atoms with E-state index in [0.717, 1.165) is 12.8 Å². The summed E-state index contributed by atoms with van der Waals surface area (Å²) in [7, 11) is 2.16. The van der Waals surface area contributed by atoms with Gasteiger partial charge in [0.15, 0.2) is 0 Å². The first-order chi connectivity index (χ1) is 8.61. The van der Waals surface area contributed by atoms with Crippen LogP contribution in [0.3, 0.4) is 0 Å². The Morgan fingerprint density at radius 2 is 1.78 bits per heavy atom. The Kier molecular flexibility index (Phi) is 5.23. The number of hydrogen-bond acceptors (Lipinski definition) is 1. The zero-order valence-electron chi connectivity index (χ0n) is 11.1. The third kappa shape index (κ3) is 3.35. The Balaban J connectivity index is 2.27. The summed E-state index contributed by atoms with van der Waals surface area (Å²) < 4.78 is 2.75. The van der Waals surface area contributed by atoms with Gasteiger partial charge in [-0.2, -0.15) is 0 Å². The van der Waals surface area contributed by atoms with E-state index in [2.05, 4.69) is 71.0 Å². The fourth-order valence-corrected chi connectivity index (χ4v) is 3.39. The molecule has 1 aliphatic heterocycles. The second-order valence-corrected chi connectivity index (χ2v) is 6.56. The van der Waals surface area contributed by atoms with Crippen molar-refractivity contribution in [2.24, 2.45) is 0 Å². The van der Waals surface area contributed by atoms with Gasteiger partial charge in [-0.3, -0.25) is 0 Å². The summed E-state index contributed by atoms with van der Waals surface area (Å²) in [5, 5.41) is 0. The van der Waals surface area contributed by atoms with E-state index in [1.807, 2.05) is 0 Å². The van der Waals surface area contributed by atoms with E-state index in [1.54, 1.807) is 0 Å². The number of fused-ring (bicyclic) bond motifs is 1. The fraction of sp³-hybridized carbons (Fsp3) is 0.467. The van der Waals surface area contributed by atoms with Gasteiger partial charge >= 0.3 is 129 Å². The molecule has 0 atom stereocenters. The van der Waals surface area contributed by atoms with Gasteiger partial charge in [0.2, 0.25) is 0 Å². The average Bonchev–Trinajstić information content (AvgIpc) is 2.46. The quantitative estimate of drug-likeness (QED) is 0.828. The van der Waals surface area contributed by atoms with Gasteiger partial charge in [-0.25, -0.2) is 0 Å². The molecule has 0 saturated heterocycles. The van der Waals surface area contributed by atoms with Gasteiger partial charge in [0.1, 0.15) is 0 Å². The summed E-state index contributed by atoms with van der Waals surface area (Å²) >= 11 is 5.44. The summed E-state index contributed by atoms with van der Waals surface area (Å²) in [4.78, 5) is 2.30. The molecule has 1 aromatic carbocycles. The Morgan fingerprint density at radius 3 is 2.44 bits per heavy atom. The Labute approximate surface area is 128 Å². The Bertz CT molecular complexity index is 479. The number of unbranched alkanes of at least 4 members (excludes halogenated alkanes) is 1. The van der Waals surface area contributed by atoms with Crippen LogP contribution in [0.1, 0.15) is 36.5 Å². The van der Waals surface area contributed by atoms with E-state index < -0.39 is 0 Å². The second-order valence-electron chi connectivity index (χ2n) is 4.95. The molecule has 0 saturated carbocycles. The monoisotopic (exact) mass is 315 g/mol. The molecule has 1 aromatic rings. The van der Waals surface area contributed by atoms with Crippen LogP contribution in [0.15, 0.2) is 18.2 Å². The molecule has 1 nitrogen and oxygen atoms in total. The topological polar surface area (TPSA) is 3.24 Å². The van der Waals surface area contributed by atoms with Gasteiger partial charge in [-0.15, -0.1) is 0 Å². The van der Waals surface area contributed by atoms with Gasteiger partial charge < -0.3 is 0 Å². The Morgan fingerprint density at radius 1 is 1.11 bits per heavy atom. The number of rotatable bonds is 3. The zero-order valence-corrected chi connectivity index (χ0v) is 13.9. The van der Waals surface area contributed by atoms with Gasteiger partial charge in [-0.05, 0) is 0 Å². The van der Waals surface area contributed by atoms with Crippen LogP contribution >= 0.6 is 0 Å². The standard InChI is InChI=1S/C15H19N.2V/c1-3-4-5-13-6-7-14-8-10-16(2)11-9-15(14)12-13;;/h6-7,12H,3-5,8-9H2,1-2H3;;. The molecule has 2 rings (SSSR count). The molecule has 0 bridgehead atoms. The van der Waals surface area contributed by atoms with E-state index in [-0.39, 0.29) is 0 Å². The van der Waals surface area contributed by atoms with Crippen molar-refractivity contribution in [1.29, 1.82) is 0 Å². The summed E-state index contributed by atoms with van der Waals surface area (Å²) in [5.74, 6) is 0. The molecule has 3 heteroatoms. The van der Waals surface area contributed by atoms with Gasteiger partial charge in [0.05, 0.1) is 0 Å². The van der Waals surface area contributed by atoms with Crippen molar-refractivity contribution < 1.29 is 34.0 Å². The van der Waals surface area contributed by atoms with Crippen LogP contribution in [-0.2, 0) is 53.2 Å². The maximum absolute atomic E-state index is 2.73. The summed E-state index contributed by atoms with van der Waals surface area (Å²) in [6.07, 6.45) is 5.90. The molecule has 1 aliphatic rings. The SMILES string of the molecule is CCCCc1ccc2c(c1)C[C](=[V])N(C)[C](=[V])C2. The van der Waals surface area contributed by atoms with Crippen molar-refractivity contribution in [2.45, 2.75) is 39.0 Å². The molecule has 0 unspecified atom stereocenters. The van der Waals surface area contributed by atoms with Crippen molar-refractivity contribution in [3.05, 3.63) is 34.9 Å². The Hall–Kier alpha value is 0.0888. The molecule has 0 aromatic heterocycles. The molecule has 0 amide bonds. The summed E-state index contributed by atoms with van der Waals surface area (Å²) in [6.45, 7) is 2.25. The van der Waals surface area contributed by atoms with Gasteiger partial charge in [0, 0.05) is 0 Å². The number of nitrogens with zero attached hydrogens (tertiary/aromatic N) is 1. The van der Waals surface area contributed by atoms with Crippen LogP contribution in [0.25, 0.3) is 0 Å². The van der Waals surface area contributed by atoms with Crippen LogP contribution in [0, 0.1) is 0 Å². The first-order valence-corrected chi connectivity index (χ1v) is 7.95. The molecular weight excluding hydrogens is 296 g/mol. The van der Waals surface area contributed by atoms with Crippen LogP contribution in [0.4, 0.5) is 0 Å². The van der Waals surface area contributed by atoms with E-state index >= 15 is 0 Å². The van der Waals surface area contributed by atoms with Crippen LogP contribution in [0.5, 0.6) is 0 Å². The van der Waals surface area contributed by atoms with Crippen molar-refractivity contribution in [3.63, 3.8) is 0 Å². The van der Waals surface area contributed by atoms with Crippen LogP contribution in [-0.4, -0.2) is 20.6 Å². The fourth-order valence-electron chi connectivity index (χ4n) is 2.28. The van der Waals surface area contributed by atoms with Crippen LogP contribution in [0.2, 0.25) is 0 Å². The maximum atomic E-state index is 2.73. The molecular formula is C15H19NV2. The minimum absolute atomic E-state index is 1.06. The predicted molar refractivity (Wildman–Crippen MR) is 70.2 cm³/mol. The average molecular weight is 315 g/mol. The van der Waals surface area contributed by atoms with Crippen molar-refractivity contribution in [2.75, 3.05) is 7.05 Å². The molecule has 0 aliphatic carbocycles. The number of benzene rings is 1. The first-order valence-electron chi connectivity index (χ1n) is 6.55. The summed E-state index contributed by atoms with van der Waals surface area (Å²) in [6, 6.07) is 7.05. The molecule has 18 heavy (non-hydrogen) atoms. The number of aryl methyl sites for hydroxylation is 1. The third-order valence-corrected chi connectivity index (χ3v) is 4.99. The molecule has 0 fully saturated rings. The molecule has 0 N–H and O–H groups in total. The predicted octanol–water partition coefficient (Wildman–Crippen LogP) is 2.41. The molecule has 1 heterocycles.